The van der Waals surface area contributed by atoms with Gasteiger partial charge in [0.15, 0.2) is 0 Å². The molecule has 4 nitrogen and oxygen atoms in total. The smallest absolute Gasteiger partial charge is 0.235 e. The number of amides is 1. The van der Waals surface area contributed by atoms with Crippen LogP contribution in [0.1, 0.15) is 45.4 Å². The van der Waals surface area contributed by atoms with E-state index in [1.165, 1.54) is 12.8 Å². The summed E-state index contributed by atoms with van der Waals surface area (Å²) in [5, 5.41) is 0. The van der Waals surface area contributed by atoms with E-state index in [0.29, 0.717) is 24.7 Å². The van der Waals surface area contributed by atoms with Crippen molar-refractivity contribution in [3.63, 3.8) is 0 Å². The molecular weight excluding hydrogens is 260 g/mol. The maximum Gasteiger partial charge on any atom is 0.235 e. The van der Waals surface area contributed by atoms with E-state index in [1.54, 1.807) is 7.11 Å². The lowest BCUT2D eigenvalue weighted by Gasteiger charge is -2.35. The van der Waals surface area contributed by atoms with Gasteiger partial charge in [-0.2, -0.15) is 0 Å². The van der Waals surface area contributed by atoms with E-state index in [1.807, 2.05) is 11.8 Å². The fourth-order valence-corrected chi connectivity index (χ4v) is 3.10. The van der Waals surface area contributed by atoms with Gasteiger partial charge in [-0.1, -0.05) is 37.9 Å². The molecule has 0 bridgehead atoms. The third-order valence-corrected chi connectivity index (χ3v) is 4.46. The number of methoxy groups -OCH3 is 1. The van der Waals surface area contributed by atoms with Gasteiger partial charge in [-0.3, -0.25) is 4.79 Å². The number of hydrogen-bond acceptors (Lipinski definition) is 3. The van der Waals surface area contributed by atoms with E-state index in [4.69, 9.17) is 22.7 Å². The minimum Gasteiger partial charge on any atom is -0.392 e. The Bertz CT molecular complexity index is 313. The SMILES string of the molecule is CCN(CCOC)C(=O)C1(C(N)=S)CCCCCC1. The monoisotopic (exact) mass is 286 g/mol. The lowest BCUT2D eigenvalue weighted by atomic mass is 9.78. The van der Waals surface area contributed by atoms with Crippen molar-refractivity contribution >= 4 is 23.1 Å². The number of carbonyl (C=O) groups excluding carboxylic acids is 1. The normalized spacial score (nSPS) is 18.6. The van der Waals surface area contributed by atoms with Gasteiger partial charge in [0, 0.05) is 20.2 Å². The summed E-state index contributed by atoms with van der Waals surface area (Å²) >= 11 is 5.24. The van der Waals surface area contributed by atoms with Crippen LogP contribution in [0.4, 0.5) is 0 Å². The highest BCUT2D eigenvalue weighted by atomic mass is 32.1. The first-order valence-corrected chi connectivity index (χ1v) is 7.57. The van der Waals surface area contributed by atoms with Crippen molar-refractivity contribution in [2.75, 3.05) is 26.8 Å². The van der Waals surface area contributed by atoms with E-state index < -0.39 is 5.41 Å². The third kappa shape index (κ3) is 3.89. The molecule has 0 spiro atoms. The highest BCUT2D eigenvalue weighted by Crippen LogP contribution is 2.37. The Kier molecular flexibility index (Phi) is 6.72. The molecule has 0 aromatic carbocycles. The topological polar surface area (TPSA) is 55.6 Å². The molecule has 1 aliphatic rings. The molecule has 0 atom stereocenters. The van der Waals surface area contributed by atoms with Gasteiger partial charge in [0.05, 0.1) is 17.0 Å². The van der Waals surface area contributed by atoms with Crippen molar-refractivity contribution in [3.05, 3.63) is 0 Å². The van der Waals surface area contributed by atoms with Gasteiger partial charge in [0.1, 0.15) is 0 Å². The molecule has 2 N–H and O–H groups in total. The molecule has 110 valence electrons. The van der Waals surface area contributed by atoms with E-state index in [0.717, 1.165) is 25.7 Å². The molecule has 0 unspecified atom stereocenters. The van der Waals surface area contributed by atoms with Crippen LogP contribution in [-0.2, 0) is 9.53 Å². The second kappa shape index (κ2) is 7.80. The van der Waals surface area contributed by atoms with Gasteiger partial charge in [-0.25, -0.2) is 0 Å². The molecule has 1 fully saturated rings. The Morgan fingerprint density at radius 3 is 2.32 bits per heavy atom. The minimum atomic E-state index is -0.615. The zero-order chi connectivity index (χ0) is 14.3. The summed E-state index contributed by atoms with van der Waals surface area (Å²) in [5.74, 6) is 0.0986. The summed E-state index contributed by atoms with van der Waals surface area (Å²) in [5.41, 5.74) is 5.33. The molecule has 0 saturated heterocycles. The highest BCUT2D eigenvalue weighted by Gasteiger charge is 2.43. The second-order valence-corrected chi connectivity index (χ2v) is 5.68. The van der Waals surface area contributed by atoms with Gasteiger partial charge >= 0.3 is 0 Å². The first-order valence-electron chi connectivity index (χ1n) is 7.16. The van der Waals surface area contributed by atoms with Crippen molar-refractivity contribution in [2.24, 2.45) is 11.1 Å². The molecule has 1 rings (SSSR count). The van der Waals surface area contributed by atoms with Crippen LogP contribution in [0.5, 0.6) is 0 Å². The largest absolute Gasteiger partial charge is 0.392 e. The maximum absolute atomic E-state index is 12.9. The summed E-state index contributed by atoms with van der Waals surface area (Å²) in [6, 6.07) is 0. The van der Waals surface area contributed by atoms with Crippen molar-refractivity contribution in [2.45, 2.75) is 45.4 Å². The minimum absolute atomic E-state index is 0.0986. The van der Waals surface area contributed by atoms with Crippen LogP contribution >= 0.6 is 12.2 Å². The quantitative estimate of drug-likeness (QED) is 0.600. The molecule has 0 heterocycles. The van der Waals surface area contributed by atoms with Crippen molar-refractivity contribution in [3.8, 4) is 0 Å². The van der Waals surface area contributed by atoms with Gasteiger partial charge in [-0.05, 0) is 19.8 Å². The average molecular weight is 286 g/mol. The number of carbonyl (C=O) groups is 1. The number of thiocarbonyl (C=S) groups is 1. The highest BCUT2D eigenvalue weighted by molar-refractivity contribution is 7.80. The van der Waals surface area contributed by atoms with Gasteiger partial charge in [0.2, 0.25) is 5.91 Å². The first kappa shape index (κ1) is 16.4. The molecule has 0 aliphatic heterocycles. The number of nitrogens with zero attached hydrogens (tertiary/aromatic N) is 1. The van der Waals surface area contributed by atoms with E-state index in [-0.39, 0.29) is 5.91 Å². The molecule has 5 heteroatoms. The number of ether oxygens (including phenoxy) is 1. The van der Waals surface area contributed by atoms with Crippen LogP contribution in [0.25, 0.3) is 0 Å². The number of nitrogens with two attached hydrogens (primary N) is 1. The Hall–Kier alpha value is -0.680. The van der Waals surface area contributed by atoms with Crippen LogP contribution in [0, 0.1) is 5.41 Å². The number of hydrogen-bond donors (Lipinski definition) is 1. The molecule has 0 aromatic heterocycles. The van der Waals surface area contributed by atoms with Crippen LogP contribution in [0.3, 0.4) is 0 Å². The summed E-state index contributed by atoms with van der Waals surface area (Å²) in [6.45, 7) is 3.81. The first-order chi connectivity index (χ1) is 9.08. The summed E-state index contributed by atoms with van der Waals surface area (Å²) < 4.78 is 5.07. The number of likely N-dealkylation sites (N-methyl/N-ethyl adjacent to an activating group) is 1. The lowest BCUT2D eigenvalue weighted by Crippen LogP contribution is -2.51. The summed E-state index contributed by atoms with van der Waals surface area (Å²) in [7, 11) is 1.65. The third-order valence-electron chi connectivity index (χ3n) is 4.07. The fraction of sp³-hybridized carbons (Fsp3) is 0.857. The van der Waals surface area contributed by atoms with Gasteiger partial charge < -0.3 is 15.4 Å². The molecule has 1 amide bonds. The fourth-order valence-electron chi connectivity index (χ4n) is 2.81. The average Bonchev–Trinajstić information content (AvgIpc) is 2.65. The van der Waals surface area contributed by atoms with Crippen molar-refractivity contribution in [1.82, 2.24) is 4.90 Å². The van der Waals surface area contributed by atoms with Crippen LogP contribution in [-0.4, -0.2) is 42.6 Å². The Morgan fingerprint density at radius 2 is 1.89 bits per heavy atom. The maximum atomic E-state index is 12.9. The molecule has 19 heavy (non-hydrogen) atoms. The van der Waals surface area contributed by atoms with Crippen LogP contribution in [0.15, 0.2) is 0 Å². The second-order valence-electron chi connectivity index (χ2n) is 5.24. The molecule has 1 saturated carbocycles. The Labute approximate surface area is 121 Å². The van der Waals surface area contributed by atoms with Gasteiger partial charge in [-0.15, -0.1) is 0 Å². The van der Waals surface area contributed by atoms with Crippen LogP contribution < -0.4 is 5.73 Å². The predicted molar refractivity (Wildman–Crippen MR) is 81.1 cm³/mol. The van der Waals surface area contributed by atoms with Crippen LogP contribution in [0.2, 0.25) is 0 Å². The number of rotatable bonds is 6. The zero-order valence-electron chi connectivity index (χ0n) is 12.1. The summed E-state index contributed by atoms with van der Waals surface area (Å²) in [4.78, 5) is 15.1. The molecule has 0 aromatic rings. The Morgan fingerprint density at radius 1 is 1.32 bits per heavy atom. The van der Waals surface area contributed by atoms with Crippen molar-refractivity contribution < 1.29 is 9.53 Å². The van der Waals surface area contributed by atoms with E-state index in [2.05, 4.69) is 0 Å². The zero-order valence-corrected chi connectivity index (χ0v) is 12.9. The van der Waals surface area contributed by atoms with Gasteiger partial charge in [0.25, 0.3) is 0 Å². The predicted octanol–water partition coefficient (Wildman–Crippen LogP) is 2.11. The summed E-state index contributed by atoms with van der Waals surface area (Å²) in [6.07, 6.45) is 5.99. The van der Waals surface area contributed by atoms with E-state index in [9.17, 15) is 4.79 Å². The molecular formula is C14H26N2O2S. The lowest BCUT2D eigenvalue weighted by molar-refractivity contribution is -0.139. The molecule has 0 radical (unpaired) electrons. The molecule has 1 aliphatic carbocycles. The Balaban J connectivity index is 2.89. The van der Waals surface area contributed by atoms with E-state index >= 15 is 0 Å². The standard InChI is InChI=1S/C14H26N2O2S/c1-3-16(10-11-18-2)13(17)14(12(15)19)8-6-4-5-7-9-14/h3-11H2,1-2H3,(H2,15,19). The van der Waals surface area contributed by atoms with Crippen molar-refractivity contribution in [1.29, 1.82) is 0 Å².